The van der Waals surface area contributed by atoms with Gasteiger partial charge in [0.1, 0.15) is 5.75 Å². The van der Waals surface area contributed by atoms with Crippen molar-refractivity contribution < 1.29 is 14.3 Å². The van der Waals surface area contributed by atoms with Crippen molar-refractivity contribution in [1.82, 2.24) is 25.2 Å². The van der Waals surface area contributed by atoms with Gasteiger partial charge in [0.05, 0.1) is 23.0 Å². The SMILES string of the molecule is CC(C)(C)c1cc(C#N)ccc1OCC(=O)N1C[C@@H]2CN(C(=O)[C@@H]3CCc4[nH]nnc4C3)C[C@H]2C1. The van der Waals surface area contributed by atoms with Crippen LogP contribution >= 0.6 is 0 Å². The highest BCUT2D eigenvalue weighted by atomic mass is 16.5. The topological polar surface area (TPSA) is 115 Å². The molecule has 1 aromatic carbocycles. The Labute approximate surface area is 205 Å². The van der Waals surface area contributed by atoms with E-state index in [9.17, 15) is 14.9 Å². The number of H-pyrrole nitrogens is 1. The van der Waals surface area contributed by atoms with E-state index >= 15 is 0 Å². The molecule has 2 amide bonds. The molecule has 1 N–H and O–H groups in total. The second-order valence-electron chi connectivity index (χ2n) is 11.1. The highest BCUT2D eigenvalue weighted by Gasteiger charge is 2.44. The molecule has 2 fully saturated rings. The van der Waals surface area contributed by atoms with Crippen LogP contribution in [-0.4, -0.2) is 69.8 Å². The van der Waals surface area contributed by atoms with Gasteiger partial charge < -0.3 is 14.5 Å². The summed E-state index contributed by atoms with van der Waals surface area (Å²) in [5.41, 5.74) is 3.26. The van der Waals surface area contributed by atoms with E-state index in [1.807, 2.05) is 15.9 Å². The zero-order valence-electron chi connectivity index (χ0n) is 20.6. The van der Waals surface area contributed by atoms with Gasteiger partial charge in [-0.1, -0.05) is 26.0 Å². The number of amides is 2. The zero-order chi connectivity index (χ0) is 24.7. The molecule has 3 aliphatic rings. The molecule has 1 aliphatic carbocycles. The molecule has 0 radical (unpaired) electrons. The van der Waals surface area contributed by atoms with E-state index in [0.717, 1.165) is 29.8 Å². The summed E-state index contributed by atoms with van der Waals surface area (Å²) in [4.78, 5) is 30.0. The number of aryl methyl sites for hydroxylation is 1. The highest BCUT2D eigenvalue weighted by molar-refractivity contribution is 5.80. The molecule has 0 spiro atoms. The lowest BCUT2D eigenvalue weighted by Crippen LogP contribution is -2.40. The summed E-state index contributed by atoms with van der Waals surface area (Å²) < 4.78 is 5.94. The van der Waals surface area contributed by atoms with Crippen LogP contribution in [0.3, 0.4) is 0 Å². The molecular formula is C26H32N6O3. The predicted octanol–water partition coefficient (Wildman–Crippen LogP) is 2.07. The Hall–Kier alpha value is -3.41. The zero-order valence-corrected chi connectivity index (χ0v) is 20.6. The van der Waals surface area contributed by atoms with Crippen LogP contribution in [0.5, 0.6) is 5.75 Å². The van der Waals surface area contributed by atoms with Crippen molar-refractivity contribution in [2.75, 3.05) is 32.8 Å². The van der Waals surface area contributed by atoms with E-state index in [-0.39, 0.29) is 29.8 Å². The summed E-state index contributed by atoms with van der Waals surface area (Å²) in [6.07, 6.45) is 2.30. The molecule has 0 unspecified atom stereocenters. The van der Waals surface area contributed by atoms with Crippen LogP contribution in [0.4, 0.5) is 0 Å². The van der Waals surface area contributed by atoms with E-state index in [0.29, 0.717) is 55.7 Å². The second kappa shape index (κ2) is 8.99. The summed E-state index contributed by atoms with van der Waals surface area (Å²) in [5.74, 6) is 1.42. The standard InChI is InChI=1S/C26H32N6O3/c1-26(2,3)20-8-16(10-27)4-7-23(20)35-15-24(33)31-11-18-13-32(14-19(18)12-31)25(34)17-5-6-21-22(9-17)29-30-28-21/h4,7-8,17-19H,5-6,9,11-15H2,1-3H3,(H,28,29,30)/t17-,18-,19-/m1/s1. The number of nitrogens with zero attached hydrogens (tertiary/aromatic N) is 5. The number of carbonyl (C=O) groups excluding carboxylic acids is 2. The molecule has 9 heteroatoms. The Balaban J connectivity index is 1.14. The maximum Gasteiger partial charge on any atom is 0.260 e. The lowest BCUT2D eigenvalue weighted by molar-refractivity contribution is -0.135. The summed E-state index contributed by atoms with van der Waals surface area (Å²) in [7, 11) is 0. The number of ether oxygens (including phenoxy) is 1. The number of hydrogen-bond donors (Lipinski definition) is 1. The summed E-state index contributed by atoms with van der Waals surface area (Å²) in [6.45, 7) is 8.89. The van der Waals surface area contributed by atoms with Crippen molar-refractivity contribution in [3.63, 3.8) is 0 Å². The minimum absolute atomic E-state index is 0.0259. The summed E-state index contributed by atoms with van der Waals surface area (Å²) in [6, 6.07) is 7.50. The molecule has 9 nitrogen and oxygen atoms in total. The third kappa shape index (κ3) is 4.62. The lowest BCUT2D eigenvalue weighted by Gasteiger charge is -2.27. The second-order valence-corrected chi connectivity index (χ2v) is 11.1. The first-order chi connectivity index (χ1) is 16.7. The van der Waals surface area contributed by atoms with Gasteiger partial charge in [-0.25, -0.2) is 0 Å². The minimum Gasteiger partial charge on any atom is -0.483 e. The van der Waals surface area contributed by atoms with Gasteiger partial charge in [-0.3, -0.25) is 14.7 Å². The number of fused-ring (bicyclic) bond motifs is 2. The van der Waals surface area contributed by atoms with Gasteiger partial charge in [0, 0.05) is 55.9 Å². The van der Waals surface area contributed by atoms with Crippen LogP contribution in [0.1, 0.15) is 49.7 Å². The number of aromatic nitrogens is 3. The van der Waals surface area contributed by atoms with Gasteiger partial charge in [0.15, 0.2) is 6.61 Å². The Bertz CT molecular complexity index is 1160. The van der Waals surface area contributed by atoms with Crippen LogP contribution in [0.25, 0.3) is 0 Å². The molecule has 0 bridgehead atoms. The Morgan fingerprint density at radius 3 is 2.57 bits per heavy atom. The van der Waals surface area contributed by atoms with E-state index in [1.54, 1.807) is 12.1 Å². The lowest BCUT2D eigenvalue weighted by atomic mass is 9.85. The van der Waals surface area contributed by atoms with Crippen LogP contribution in [0, 0.1) is 29.1 Å². The van der Waals surface area contributed by atoms with Crippen molar-refractivity contribution in [2.24, 2.45) is 17.8 Å². The molecule has 1 aromatic heterocycles. The molecule has 3 atom stereocenters. The molecular weight excluding hydrogens is 444 g/mol. The van der Waals surface area contributed by atoms with Gasteiger partial charge in [0.2, 0.25) is 5.91 Å². The van der Waals surface area contributed by atoms with Crippen molar-refractivity contribution in [3.05, 3.63) is 40.7 Å². The average Bonchev–Trinajstić information content (AvgIpc) is 3.55. The maximum atomic E-state index is 13.1. The average molecular weight is 477 g/mol. The van der Waals surface area contributed by atoms with Crippen LogP contribution in [0.2, 0.25) is 0 Å². The van der Waals surface area contributed by atoms with Crippen LogP contribution in [0.15, 0.2) is 18.2 Å². The van der Waals surface area contributed by atoms with E-state index < -0.39 is 0 Å². The quantitative estimate of drug-likeness (QED) is 0.722. The highest BCUT2D eigenvalue weighted by Crippen LogP contribution is 2.35. The Morgan fingerprint density at radius 2 is 1.89 bits per heavy atom. The third-order valence-electron chi connectivity index (χ3n) is 7.65. The van der Waals surface area contributed by atoms with Crippen molar-refractivity contribution in [1.29, 1.82) is 5.26 Å². The fourth-order valence-electron chi connectivity index (χ4n) is 5.68. The number of rotatable bonds is 4. The smallest absolute Gasteiger partial charge is 0.260 e. The summed E-state index contributed by atoms with van der Waals surface area (Å²) in [5, 5.41) is 20.1. The van der Waals surface area contributed by atoms with Gasteiger partial charge >= 0.3 is 0 Å². The van der Waals surface area contributed by atoms with Crippen molar-refractivity contribution in [3.8, 4) is 11.8 Å². The van der Waals surface area contributed by atoms with Gasteiger partial charge in [0.25, 0.3) is 5.91 Å². The third-order valence-corrected chi connectivity index (χ3v) is 7.65. The first-order valence-corrected chi connectivity index (χ1v) is 12.4. The molecule has 2 aliphatic heterocycles. The molecule has 2 aromatic rings. The fraction of sp³-hybridized carbons (Fsp3) is 0.577. The number of hydrogen-bond acceptors (Lipinski definition) is 6. The molecule has 2 saturated heterocycles. The van der Waals surface area contributed by atoms with Crippen molar-refractivity contribution >= 4 is 11.8 Å². The van der Waals surface area contributed by atoms with E-state index in [4.69, 9.17) is 4.74 Å². The van der Waals surface area contributed by atoms with Gasteiger partial charge in [-0.15, -0.1) is 5.10 Å². The normalized spacial score (nSPS) is 23.5. The number of aromatic amines is 1. The molecule has 0 saturated carbocycles. The number of likely N-dealkylation sites (tertiary alicyclic amines) is 2. The number of nitrogens with one attached hydrogen (secondary N) is 1. The van der Waals surface area contributed by atoms with E-state index in [2.05, 4.69) is 42.3 Å². The largest absolute Gasteiger partial charge is 0.483 e. The molecule has 3 heterocycles. The molecule has 184 valence electrons. The predicted molar refractivity (Wildman–Crippen MR) is 127 cm³/mol. The minimum atomic E-state index is -0.209. The van der Waals surface area contributed by atoms with E-state index in [1.165, 1.54) is 0 Å². The maximum absolute atomic E-state index is 13.1. The first-order valence-electron chi connectivity index (χ1n) is 12.4. The van der Waals surface area contributed by atoms with Gasteiger partial charge in [-0.05, 0) is 36.5 Å². The first kappa shape index (κ1) is 23.3. The Kier molecular flexibility index (Phi) is 5.99. The van der Waals surface area contributed by atoms with Crippen LogP contribution in [-0.2, 0) is 27.8 Å². The number of nitriles is 1. The molecule has 5 rings (SSSR count). The van der Waals surface area contributed by atoms with Crippen molar-refractivity contribution in [2.45, 2.75) is 45.4 Å². The van der Waals surface area contributed by atoms with Crippen LogP contribution < -0.4 is 4.74 Å². The number of carbonyl (C=O) groups is 2. The van der Waals surface area contributed by atoms with Gasteiger partial charge in [-0.2, -0.15) is 5.26 Å². The molecule has 35 heavy (non-hydrogen) atoms. The number of benzene rings is 1. The summed E-state index contributed by atoms with van der Waals surface area (Å²) >= 11 is 0. The Morgan fingerprint density at radius 1 is 1.17 bits per heavy atom. The fourth-order valence-corrected chi connectivity index (χ4v) is 5.68. The monoisotopic (exact) mass is 476 g/mol.